The van der Waals surface area contributed by atoms with Crippen LogP contribution in [-0.2, 0) is 4.74 Å². The van der Waals surface area contributed by atoms with Crippen LogP contribution >= 0.6 is 24.2 Å². The molecular weight excluding hydrogens is 396 g/mol. The smallest absolute Gasteiger partial charge is 0.359 e. The van der Waals surface area contributed by atoms with E-state index >= 15 is 0 Å². The van der Waals surface area contributed by atoms with Crippen molar-refractivity contribution in [2.45, 2.75) is 19.1 Å². The number of aromatic nitrogens is 2. The van der Waals surface area contributed by atoms with Gasteiger partial charge in [-0.25, -0.2) is 9.48 Å². The Bertz CT molecular complexity index is 1020. The van der Waals surface area contributed by atoms with Crippen LogP contribution in [0.3, 0.4) is 0 Å². The Hall–Kier alpha value is -2.57. The third-order valence-electron chi connectivity index (χ3n) is 4.25. The minimum absolute atomic E-state index is 0.0284. The second-order valence-corrected chi connectivity index (χ2v) is 7.05. The third kappa shape index (κ3) is 3.98. The van der Waals surface area contributed by atoms with Gasteiger partial charge in [-0.15, -0.1) is 0 Å². The van der Waals surface area contributed by atoms with Gasteiger partial charge >= 0.3 is 5.97 Å². The highest BCUT2D eigenvalue weighted by Gasteiger charge is 2.31. The molecule has 0 spiro atoms. The zero-order valence-corrected chi connectivity index (χ0v) is 17.1. The summed E-state index contributed by atoms with van der Waals surface area (Å²) in [4.78, 5) is 25.7. The zero-order chi connectivity index (χ0) is 20.3. The van der Waals surface area contributed by atoms with Crippen molar-refractivity contribution >= 4 is 36.0 Å². The lowest BCUT2D eigenvalue weighted by molar-refractivity contribution is 0.0515. The van der Waals surface area contributed by atoms with E-state index in [0.717, 1.165) is 5.56 Å². The number of ether oxygens (including phenoxy) is 1. The van der Waals surface area contributed by atoms with Crippen molar-refractivity contribution in [1.29, 1.82) is 0 Å². The molecule has 0 bridgehead atoms. The van der Waals surface area contributed by atoms with Crippen LogP contribution in [-0.4, -0.2) is 28.1 Å². The molecule has 1 atom stereocenters. The van der Waals surface area contributed by atoms with Crippen molar-refractivity contribution in [2.24, 2.45) is 0 Å². The minimum Gasteiger partial charge on any atom is -0.461 e. The van der Waals surface area contributed by atoms with Crippen molar-refractivity contribution in [1.82, 2.24) is 9.78 Å². The standard InChI is InChI=1S/C21H19ClN2O3S/c1-3-27-21(26)18-17(19(25)20(28)14-8-5-4-6-9-14)13(2)24(23-18)16-11-7-10-15(22)12-16/h4-12,20,28H,3H2,1-2H3. The molecule has 5 nitrogen and oxygen atoms in total. The van der Waals surface area contributed by atoms with E-state index in [9.17, 15) is 9.59 Å². The highest BCUT2D eigenvalue weighted by molar-refractivity contribution is 7.81. The molecule has 0 aliphatic rings. The predicted molar refractivity (Wildman–Crippen MR) is 112 cm³/mol. The first kappa shape index (κ1) is 20.2. The average Bonchev–Trinajstić information content (AvgIpc) is 3.05. The number of carbonyl (C=O) groups is 2. The van der Waals surface area contributed by atoms with Crippen molar-refractivity contribution in [3.8, 4) is 5.69 Å². The van der Waals surface area contributed by atoms with Crippen LogP contribution in [0.25, 0.3) is 5.69 Å². The van der Waals surface area contributed by atoms with E-state index in [1.54, 1.807) is 38.1 Å². The molecule has 1 heterocycles. The first-order valence-corrected chi connectivity index (χ1v) is 9.63. The van der Waals surface area contributed by atoms with E-state index in [1.807, 2.05) is 30.3 Å². The Morgan fingerprint density at radius 3 is 2.54 bits per heavy atom. The predicted octanol–water partition coefficient (Wildman–Crippen LogP) is 4.86. The van der Waals surface area contributed by atoms with E-state index in [1.165, 1.54) is 4.68 Å². The molecule has 0 saturated carbocycles. The molecule has 0 saturated heterocycles. The topological polar surface area (TPSA) is 61.2 Å². The number of halogens is 1. The zero-order valence-electron chi connectivity index (χ0n) is 15.4. The molecule has 2 aromatic carbocycles. The summed E-state index contributed by atoms with van der Waals surface area (Å²) in [6.45, 7) is 3.61. The van der Waals surface area contributed by atoms with E-state index < -0.39 is 11.2 Å². The number of nitrogens with zero attached hydrogens (tertiary/aromatic N) is 2. The maximum Gasteiger partial charge on any atom is 0.359 e. The van der Waals surface area contributed by atoms with Gasteiger partial charge < -0.3 is 4.74 Å². The van der Waals surface area contributed by atoms with Crippen LogP contribution in [0.15, 0.2) is 54.6 Å². The van der Waals surface area contributed by atoms with Gasteiger partial charge in [0, 0.05) is 5.02 Å². The van der Waals surface area contributed by atoms with Crippen LogP contribution < -0.4 is 0 Å². The lowest BCUT2D eigenvalue weighted by Crippen LogP contribution is -2.15. The van der Waals surface area contributed by atoms with Crippen molar-refractivity contribution in [3.05, 3.63) is 82.1 Å². The summed E-state index contributed by atoms with van der Waals surface area (Å²) >= 11 is 10.6. The maximum atomic E-state index is 13.2. The Labute approximate surface area is 173 Å². The molecule has 144 valence electrons. The van der Waals surface area contributed by atoms with Gasteiger partial charge in [0.25, 0.3) is 0 Å². The van der Waals surface area contributed by atoms with Crippen LogP contribution in [0.4, 0.5) is 0 Å². The summed E-state index contributed by atoms with van der Waals surface area (Å²) in [7, 11) is 0. The maximum absolute atomic E-state index is 13.2. The number of rotatable bonds is 6. The van der Waals surface area contributed by atoms with Gasteiger partial charge in [-0.05, 0) is 37.6 Å². The van der Waals surface area contributed by atoms with Crippen molar-refractivity contribution in [3.63, 3.8) is 0 Å². The van der Waals surface area contributed by atoms with Crippen LogP contribution in [0.2, 0.25) is 5.02 Å². The number of hydrogen-bond acceptors (Lipinski definition) is 5. The summed E-state index contributed by atoms with van der Waals surface area (Å²) in [6.07, 6.45) is 0. The van der Waals surface area contributed by atoms with E-state index in [0.29, 0.717) is 16.4 Å². The Morgan fingerprint density at radius 2 is 1.89 bits per heavy atom. The van der Waals surface area contributed by atoms with Crippen molar-refractivity contribution in [2.75, 3.05) is 6.61 Å². The number of Topliss-reactive ketones (excluding diaryl/α,β-unsaturated/α-hetero) is 1. The number of benzene rings is 2. The van der Waals surface area contributed by atoms with Gasteiger partial charge in [0.2, 0.25) is 0 Å². The number of thiol groups is 1. The highest BCUT2D eigenvalue weighted by Crippen LogP contribution is 2.29. The highest BCUT2D eigenvalue weighted by atomic mass is 35.5. The Morgan fingerprint density at radius 1 is 1.18 bits per heavy atom. The molecule has 0 aliphatic heterocycles. The van der Waals surface area contributed by atoms with E-state index in [4.69, 9.17) is 16.3 Å². The molecule has 0 radical (unpaired) electrons. The molecule has 3 aromatic rings. The number of carbonyl (C=O) groups excluding carboxylic acids is 2. The SMILES string of the molecule is CCOC(=O)c1nn(-c2cccc(Cl)c2)c(C)c1C(=O)C(S)c1ccccc1. The van der Waals surface area contributed by atoms with Crippen LogP contribution in [0.1, 0.15) is 44.3 Å². The molecule has 1 aromatic heterocycles. The van der Waals surface area contributed by atoms with Gasteiger partial charge in [0.05, 0.1) is 28.8 Å². The van der Waals surface area contributed by atoms with Gasteiger partial charge in [0.1, 0.15) is 0 Å². The minimum atomic E-state index is -0.731. The molecule has 0 N–H and O–H groups in total. The summed E-state index contributed by atoms with van der Waals surface area (Å²) in [5, 5.41) is 4.16. The molecule has 7 heteroatoms. The number of esters is 1. The molecule has 0 fully saturated rings. The fraction of sp³-hybridized carbons (Fsp3) is 0.190. The lowest BCUT2D eigenvalue weighted by atomic mass is 10.0. The van der Waals surface area contributed by atoms with Gasteiger partial charge in [-0.3, -0.25) is 4.79 Å². The third-order valence-corrected chi connectivity index (χ3v) is 5.02. The Balaban J connectivity index is 2.13. The summed E-state index contributed by atoms with van der Waals surface area (Å²) < 4.78 is 6.64. The average molecular weight is 415 g/mol. The molecule has 0 amide bonds. The fourth-order valence-electron chi connectivity index (χ4n) is 2.92. The summed E-state index contributed by atoms with van der Waals surface area (Å²) in [6, 6.07) is 16.2. The lowest BCUT2D eigenvalue weighted by Gasteiger charge is -2.11. The first-order valence-electron chi connectivity index (χ1n) is 8.74. The quantitative estimate of drug-likeness (QED) is 0.355. The monoisotopic (exact) mass is 414 g/mol. The van der Waals surface area contributed by atoms with Gasteiger partial charge in [-0.2, -0.15) is 17.7 Å². The van der Waals surface area contributed by atoms with E-state index in [-0.39, 0.29) is 23.6 Å². The van der Waals surface area contributed by atoms with Crippen LogP contribution in [0.5, 0.6) is 0 Å². The molecule has 1 unspecified atom stereocenters. The number of hydrogen-bond donors (Lipinski definition) is 1. The second kappa shape index (κ2) is 8.63. The molecule has 28 heavy (non-hydrogen) atoms. The molecule has 0 aliphatic carbocycles. The summed E-state index contributed by atoms with van der Waals surface area (Å²) in [5.41, 5.74) is 2.07. The van der Waals surface area contributed by atoms with Gasteiger partial charge in [0.15, 0.2) is 11.5 Å². The summed E-state index contributed by atoms with van der Waals surface area (Å²) in [5.74, 6) is -0.966. The van der Waals surface area contributed by atoms with E-state index in [2.05, 4.69) is 17.7 Å². The van der Waals surface area contributed by atoms with Crippen molar-refractivity contribution < 1.29 is 14.3 Å². The molecular formula is C21H19ClN2O3S. The normalized spacial score (nSPS) is 11.9. The largest absolute Gasteiger partial charge is 0.461 e. The fourth-order valence-corrected chi connectivity index (χ4v) is 3.41. The number of ketones is 1. The first-order chi connectivity index (χ1) is 13.4. The van der Waals surface area contributed by atoms with Gasteiger partial charge in [-0.1, -0.05) is 48.0 Å². The van der Waals surface area contributed by atoms with Crippen LogP contribution in [0, 0.1) is 6.92 Å². The second-order valence-electron chi connectivity index (χ2n) is 6.10. The molecule has 3 rings (SSSR count). The Kier molecular flexibility index (Phi) is 6.21.